The van der Waals surface area contributed by atoms with Gasteiger partial charge in [-0.05, 0) is 40.2 Å². The summed E-state index contributed by atoms with van der Waals surface area (Å²) in [6.45, 7) is 0. The summed E-state index contributed by atoms with van der Waals surface area (Å²) in [5.41, 5.74) is 0.596. The molecule has 0 aliphatic carbocycles. The lowest BCUT2D eigenvalue weighted by molar-refractivity contribution is -0.384. The van der Waals surface area contributed by atoms with Crippen molar-refractivity contribution in [3.05, 3.63) is 49.4 Å². The number of nitrogens with one attached hydrogen (secondary N) is 2. The van der Waals surface area contributed by atoms with Crippen LogP contribution in [0.15, 0.2) is 39.3 Å². The molecule has 1 aromatic carbocycles. The molecule has 104 valence electrons. The van der Waals surface area contributed by atoms with Gasteiger partial charge in [0.05, 0.1) is 10.6 Å². The standard InChI is InChI=1S/C12H10Br2N4O2/c1-15-11-5-4-10(18(19)20)12(17-11)16-9-6-7(13)2-3-8(9)14/h2-6H,1H3,(H2,15,16,17). The molecule has 0 spiro atoms. The van der Waals surface area contributed by atoms with Crippen LogP contribution in [0.25, 0.3) is 0 Å². The van der Waals surface area contributed by atoms with Crippen molar-refractivity contribution in [1.29, 1.82) is 0 Å². The highest BCUT2D eigenvalue weighted by atomic mass is 79.9. The monoisotopic (exact) mass is 400 g/mol. The number of halogens is 2. The summed E-state index contributed by atoms with van der Waals surface area (Å²) in [6, 6.07) is 8.47. The van der Waals surface area contributed by atoms with Gasteiger partial charge in [-0.15, -0.1) is 0 Å². The van der Waals surface area contributed by atoms with Gasteiger partial charge >= 0.3 is 5.69 Å². The van der Waals surface area contributed by atoms with E-state index in [-0.39, 0.29) is 11.5 Å². The van der Waals surface area contributed by atoms with Crippen molar-refractivity contribution in [2.24, 2.45) is 0 Å². The van der Waals surface area contributed by atoms with E-state index in [1.165, 1.54) is 6.07 Å². The molecule has 8 heteroatoms. The van der Waals surface area contributed by atoms with Crippen LogP contribution < -0.4 is 10.6 Å². The lowest BCUT2D eigenvalue weighted by Gasteiger charge is -2.10. The Morgan fingerprint density at radius 1 is 1.25 bits per heavy atom. The van der Waals surface area contributed by atoms with Crippen LogP contribution in [0.5, 0.6) is 0 Å². The van der Waals surface area contributed by atoms with E-state index < -0.39 is 4.92 Å². The summed E-state index contributed by atoms with van der Waals surface area (Å²) >= 11 is 6.75. The second-order valence-corrected chi connectivity index (χ2v) is 5.59. The van der Waals surface area contributed by atoms with Crippen LogP contribution in [0.1, 0.15) is 0 Å². The first-order valence-electron chi connectivity index (χ1n) is 5.56. The zero-order chi connectivity index (χ0) is 14.7. The fraction of sp³-hybridized carbons (Fsp3) is 0.0833. The molecule has 1 aromatic heterocycles. The number of anilines is 3. The van der Waals surface area contributed by atoms with Crippen LogP contribution in [0, 0.1) is 10.1 Å². The molecule has 6 nitrogen and oxygen atoms in total. The molecule has 0 aliphatic heterocycles. The SMILES string of the molecule is CNc1ccc([N+](=O)[O-])c(Nc2cc(Br)ccc2Br)n1. The van der Waals surface area contributed by atoms with Gasteiger partial charge in [0.25, 0.3) is 0 Å². The highest BCUT2D eigenvalue weighted by Crippen LogP contribution is 2.32. The molecule has 0 fully saturated rings. The van der Waals surface area contributed by atoms with Crippen molar-refractivity contribution in [2.75, 3.05) is 17.7 Å². The number of nitro groups is 1. The first-order chi connectivity index (χ1) is 9.51. The number of aromatic nitrogens is 1. The average molecular weight is 402 g/mol. The molecule has 0 unspecified atom stereocenters. The predicted octanol–water partition coefficient (Wildman–Crippen LogP) is 4.30. The second kappa shape index (κ2) is 6.19. The largest absolute Gasteiger partial charge is 0.373 e. The van der Waals surface area contributed by atoms with Crippen LogP contribution in [-0.2, 0) is 0 Å². The van der Waals surface area contributed by atoms with Crippen LogP contribution >= 0.6 is 31.9 Å². The van der Waals surface area contributed by atoms with Crippen molar-refractivity contribution >= 4 is 54.9 Å². The van der Waals surface area contributed by atoms with Gasteiger partial charge in [-0.25, -0.2) is 4.98 Å². The average Bonchev–Trinajstić information content (AvgIpc) is 2.42. The van der Waals surface area contributed by atoms with Gasteiger partial charge in [-0.3, -0.25) is 10.1 Å². The van der Waals surface area contributed by atoms with Crippen LogP contribution in [0.3, 0.4) is 0 Å². The Kier molecular flexibility index (Phi) is 4.56. The van der Waals surface area contributed by atoms with Crippen molar-refractivity contribution < 1.29 is 4.92 Å². The Bertz CT molecular complexity index is 664. The summed E-state index contributed by atoms with van der Waals surface area (Å²) < 4.78 is 1.64. The number of nitrogens with zero attached hydrogens (tertiary/aromatic N) is 2. The van der Waals surface area contributed by atoms with Gasteiger partial charge in [0.2, 0.25) is 5.82 Å². The molecule has 0 saturated carbocycles. The number of hydrogen-bond acceptors (Lipinski definition) is 5. The lowest BCUT2D eigenvalue weighted by Crippen LogP contribution is -2.02. The molecular formula is C12H10Br2N4O2. The molecular weight excluding hydrogens is 392 g/mol. The molecule has 0 amide bonds. The van der Waals surface area contributed by atoms with Crippen LogP contribution in [-0.4, -0.2) is 17.0 Å². The minimum Gasteiger partial charge on any atom is -0.373 e. The van der Waals surface area contributed by atoms with E-state index in [0.717, 1.165) is 8.95 Å². The second-order valence-electron chi connectivity index (χ2n) is 3.82. The molecule has 0 radical (unpaired) electrons. The molecule has 0 bridgehead atoms. The van der Waals surface area contributed by atoms with Crippen molar-refractivity contribution in [2.45, 2.75) is 0 Å². The lowest BCUT2D eigenvalue weighted by atomic mass is 10.3. The van der Waals surface area contributed by atoms with E-state index in [2.05, 4.69) is 47.5 Å². The predicted molar refractivity (Wildman–Crippen MR) is 85.6 cm³/mol. The summed E-state index contributed by atoms with van der Waals surface area (Å²) in [5.74, 6) is 0.727. The van der Waals surface area contributed by atoms with E-state index in [9.17, 15) is 10.1 Å². The van der Waals surface area contributed by atoms with E-state index in [4.69, 9.17) is 0 Å². The topological polar surface area (TPSA) is 80.1 Å². The molecule has 0 aliphatic rings. The third kappa shape index (κ3) is 3.26. The number of hydrogen-bond donors (Lipinski definition) is 2. The van der Waals surface area contributed by atoms with Crippen molar-refractivity contribution in [1.82, 2.24) is 4.98 Å². The quantitative estimate of drug-likeness (QED) is 0.589. The third-order valence-corrected chi connectivity index (χ3v) is 3.69. The molecule has 1 heterocycles. The highest BCUT2D eigenvalue weighted by Gasteiger charge is 2.17. The normalized spacial score (nSPS) is 10.2. The smallest absolute Gasteiger partial charge is 0.311 e. The van der Waals surface area contributed by atoms with Crippen molar-refractivity contribution in [3.63, 3.8) is 0 Å². The molecule has 0 atom stereocenters. The summed E-state index contributed by atoms with van der Waals surface area (Å²) in [7, 11) is 1.70. The first kappa shape index (κ1) is 14.7. The van der Waals surface area contributed by atoms with Gasteiger partial charge in [-0.2, -0.15) is 0 Å². The molecule has 2 rings (SSSR count). The Morgan fingerprint density at radius 3 is 2.65 bits per heavy atom. The van der Waals surface area contributed by atoms with E-state index in [0.29, 0.717) is 11.5 Å². The van der Waals surface area contributed by atoms with Crippen LogP contribution in [0.2, 0.25) is 0 Å². The summed E-state index contributed by atoms with van der Waals surface area (Å²) in [6.07, 6.45) is 0. The molecule has 2 aromatic rings. The summed E-state index contributed by atoms with van der Waals surface area (Å²) in [4.78, 5) is 14.8. The maximum Gasteiger partial charge on any atom is 0.311 e. The van der Waals surface area contributed by atoms with E-state index >= 15 is 0 Å². The third-order valence-electron chi connectivity index (χ3n) is 2.51. The van der Waals surface area contributed by atoms with E-state index in [1.54, 1.807) is 13.1 Å². The Balaban J connectivity index is 2.45. The Hall–Kier alpha value is -1.67. The fourth-order valence-electron chi connectivity index (χ4n) is 1.55. The van der Waals surface area contributed by atoms with Gasteiger partial charge in [-0.1, -0.05) is 15.9 Å². The number of pyridine rings is 1. The van der Waals surface area contributed by atoms with Gasteiger partial charge < -0.3 is 10.6 Å². The zero-order valence-electron chi connectivity index (χ0n) is 10.4. The minimum atomic E-state index is -0.472. The summed E-state index contributed by atoms with van der Waals surface area (Å²) in [5, 5.41) is 16.9. The van der Waals surface area contributed by atoms with Gasteiger partial charge in [0, 0.05) is 22.1 Å². The van der Waals surface area contributed by atoms with Crippen molar-refractivity contribution in [3.8, 4) is 0 Å². The maximum absolute atomic E-state index is 11.0. The first-order valence-corrected chi connectivity index (χ1v) is 7.15. The number of benzene rings is 1. The fourth-order valence-corrected chi connectivity index (χ4v) is 2.26. The molecule has 2 N–H and O–H groups in total. The zero-order valence-corrected chi connectivity index (χ0v) is 13.5. The van der Waals surface area contributed by atoms with Crippen LogP contribution in [0.4, 0.5) is 23.0 Å². The number of rotatable bonds is 4. The minimum absolute atomic E-state index is 0.0872. The Morgan fingerprint density at radius 2 is 2.00 bits per heavy atom. The van der Waals surface area contributed by atoms with Gasteiger partial charge in [0.15, 0.2) is 0 Å². The Labute approximate surface area is 132 Å². The van der Waals surface area contributed by atoms with E-state index in [1.807, 2.05) is 18.2 Å². The molecule has 0 saturated heterocycles. The highest BCUT2D eigenvalue weighted by molar-refractivity contribution is 9.11. The maximum atomic E-state index is 11.0. The molecule has 20 heavy (non-hydrogen) atoms. The van der Waals surface area contributed by atoms with Gasteiger partial charge in [0.1, 0.15) is 5.82 Å².